The fourth-order valence-electron chi connectivity index (χ4n) is 3.12. The van der Waals surface area contributed by atoms with Crippen LogP contribution in [-0.2, 0) is 19.5 Å². The summed E-state index contributed by atoms with van der Waals surface area (Å²) >= 11 is 6.03. The molecule has 1 aliphatic heterocycles. The minimum Gasteiger partial charge on any atom is -0.496 e. The summed E-state index contributed by atoms with van der Waals surface area (Å²) in [6.45, 7) is 5.63. The van der Waals surface area contributed by atoms with Crippen LogP contribution >= 0.6 is 11.6 Å². The van der Waals surface area contributed by atoms with Crippen LogP contribution in [0.5, 0.6) is 5.75 Å². The Morgan fingerprint density at radius 2 is 2.26 bits per heavy atom. The number of nitrogens with one attached hydrogen (secondary N) is 2. The Morgan fingerprint density at radius 3 is 2.96 bits per heavy atom. The lowest BCUT2D eigenvalue weighted by atomic mass is 10.1. The SMILES string of the molecule is CN=C(NCc1ccc(Cl)cc1OC)NC1CCc2nc(C(C)C)nn2C1. The number of aliphatic imine (C=N–C) groups is 1. The first-order valence-electron chi connectivity index (χ1n) is 9.23. The number of rotatable bonds is 5. The summed E-state index contributed by atoms with van der Waals surface area (Å²) in [6.07, 6.45) is 1.92. The predicted octanol–water partition coefficient (Wildman–Crippen LogP) is 2.74. The average Bonchev–Trinajstić information content (AvgIpc) is 3.09. The summed E-state index contributed by atoms with van der Waals surface area (Å²) < 4.78 is 7.42. The van der Waals surface area contributed by atoms with E-state index in [0.717, 1.165) is 48.3 Å². The van der Waals surface area contributed by atoms with Gasteiger partial charge < -0.3 is 15.4 Å². The first kappa shape index (κ1) is 19.5. The second kappa shape index (κ2) is 8.61. The molecule has 0 saturated heterocycles. The molecule has 1 aliphatic rings. The second-order valence-electron chi connectivity index (χ2n) is 6.98. The normalized spacial score (nSPS) is 17.0. The van der Waals surface area contributed by atoms with E-state index in [0.29, 0.717) is 17.5 Å². The number of nitrogens with zero attached hydrogens (tertiary/aromatic N) is 4. The third-order valence-corrected chi connectivity index (χ3v) is 4.89. The molecule has 0 fully saturated rings. The minimum atomic E-state index is 0.262. The van der Waals surface area contributed by atoms with Gasteiger partial charge in [-0.25, -0.2) is 9.67 Å². The van der Waals surface area contributed by atoms with Gasteiger partial charge in [-0.3, -0.25) is 4.99 Å². The highest BCUT2D eigenvalue weighted by Crippen LogP contribution is 2.23. The number of hydrogen-bond donors (Lipinski definition) is 2. The van der Waals surface area contributed by atoms with Gasteiger partial charge >= 0.3 is 0 Å². The van der Waals surface area contributed by atoms with Crippen molar-refractivity contribution in [3.8, 4) is 5.75 Å². The van der Waals surface area contributed by atoms with E-state index >= 15 is 0 Å². The largest absolute Gasteiger partial charge is 0.496 e. The van der Waals surface area contributed by atoms with Gasteiger partial charge in [-0.15, -0.1) is 0 Å². The molecule has 1 aromatic heterocycles. The quantitative estimate of drug-likeness (QED) is 0.606. The minimum absolute atomic E-state index is 0.262. The lowest BCUT2D eigenvalue weighted by Gasteiger charge is -2.25. The number of halogens is 1. The molecule has 0 amide bonds. The molecule has 8 heteroatoms. The van der Waals surface area contributed by atoms with Crippen molar-refractivity contribution in [2.24, 2.45) is 4.99 Å². The lowest BCUT2D eigenvalue weighted by Crippen LogP contribution is -2.46. The second-order valence-corrected chi connectivity index (χ2v) is 7.42. The van der Waals surface area contributed by atoms with Gasteiger partial charge in [0.25, 0.3) is 0 Å². The van der Waals surface area contributed by atoms with Gasteiger partial charge in [0.05, 0.1) is 13.7 Å². The van der Waals surface area contributed by atoms with Crippen LogP contribution in [0.25, 0.3) is 0 Å². The van der Waals surface area contributed by atoms with Crippen molar-refractivity contribution in [1.82, 2.24) is 25.4 Å². The van der Waals surface area contributed by atoms with Gasteiger partial charge in [-0.05, 0) is 18.6 Å². The van der Waals surface area contributed by atoms with E-state index in [2.05, 4.69) is 39.6 Å². The van der Waals surface area contributed by atoms with Crippen molar-refractivity contribution in [3.63, 3.8) is 0 Å². The first-order chi connectivity index (χ1) is 13.0. The summed E-state index contributed by atoms with van der Waals surface area (Å²) in [4.78, 5) is 8.98. The number of guanidine groups is 1. The molecule has 1 unspecified atom stereocenters. The molecule has 2 N–H and O–H groups in total. The molecule has 0 radical (unpaired) electrons. The zero-order valence-electron chi connectivity index (χ0n) is 16.3. The van der Waals surface area contributed by atoms with Crippen molar-refractivity contribution in [3.05, 3.63) is 40.4 Å². The Bertz CT molecular complexity index is 817. The van der Waals surface area contributed by atoms with Crippen molar-refractivity contribution < 1.29 is 4.74 Å². The topological polar surface area (TPSA) is 76.4 Å². The van der Waals surface area contributed by atoms with Gasteiger partial charge in [0.15, 0.2) is 11.8 Å². The van der Waals surface area contributed by atoms with Crippen LogP contribution in [0.2, 0.25) is 5.02 Å². The van der Waals surface area contributed by atoms with Gasteiger partial charge in [0.1, 0.15) is 11.6 Å². The highest BCUT2D eigenvalue weighted by Gasteiger charge is 2.23. The molecule has 0 saturated carbocycles. The Hall–Kier alpha value is -2.28. The van der Waals surface area contributed by atoms with E-state index in [9.17, 15) is 0 Å². The van der Waals surface area contributed by atoms with E-state index in [1.807, 2.05) is 22.9 Å². The lowest BCUT2D eigenvalue weighted by molar-refractivity contribution is 0.391. The van der Waals surface area contributed by atoms with Gasteiger partial charge in [-0.2, -0.15) is 5.10 Å². The molecule has 2 heterocycles. The number of benzene rings is 1. The first-order valence-corrected chi connectivity index (χ1v) is 9.61. The van der Waals surface area contributed by atoms with Crippen LogP contribution in [0.1, 0.15) is 43.4 Å². The maximum Gasteiger partial charge on any atom is 0.191 e. The molecule has 0 aliphatic carbocycles. The van der Waals surface area contributed by atoms with E-state index < -0.39 is 0 Å². The number of methoxy groups -OCH3 is 1. The van der Waals surface area contributed by atoms with Gasteiger partial charge in [0, 0.05) is 42.6 Å². The smallest absolute Gasteiger partial charge is 0.191 e. The van der Waals surface area contributed by atoms with Crippen molar-refractivity contribution >= 4 is 17.6 Å². The number of aryl methyl sites for hydroxylation is 1. The fraction of sp³-hybridized carbons (Fsp3) is 0.526. The molecule has 1 aromatic carbocycles. The Morgan fingerprint density at radius 1 is 1.44 bits per heavy atom. The molecule has 0 spiro atoms. The number of aromatic nitrogens is 3. The maximum absolute atomic E-state index is 6.03. The highest BCUT2D eigenvalue weighted by molar-refractivity contribution is 6.30. The number of ether oxygens (including phenoxy) is 1. The van der Waals surface area contributed by atoms with Crippen molar-refractivity contribution in [2.75, 3.05) is 14.2 Å². The monoisotopic (exact) mass is 390 g/mol. The van der Waals surface area contributed by atoms with Crippen LogP contribution in [-0.4, -0.2) is 40.9 Å². The summed E-state index contributed by atoms with van der Waals surface area (Å²) in [5, 5.41) is 12.1. The average molecular weight is 391 g/mol. The summed E-state index contributed by atoms with van der Waals surface area (Å²) in [6, 6.07) is 5.89. The van der Waals surface area contributed by atoms with Crippen molar-refractivity contribution in [1.29, 1.82) is 0 Å². The third kappa shape index (κ3) is 4.71. The van der Waals surface area contributed by atoms with Gasteiger partial charge in [-0.1, -0.05) is 31.5 Å². The Labute approximate surface area is 165 Å². The molecular formula is C19H27ClN6O. The molecule has 7 nitrogen and oxygen atoms in total. The van der Waals surface area contributed by atoms with Crippen LogP contribution in [0.15, 0.2) is 23.2 Å². The Balaban J connectivity index is 1.59. The molecule has 0 bridgehead atoms. The molecule has 1 atom stereocenters. The standard InChI is InChI=1S/C19H27ClN6O/c1-12(2)18-24-17-8-7-15(11-26(17)25-18)23-19(21-3)22-10-13-5-6-14(20)9-16(13)27-4/h5-6,9,12,15H,7-8,10-11H2,1-4H3,(H2,21,22,23). The van der Waals surface area contributed by atoms with Crippen molar-refractivity contribution in [2.45, 2.75) is 51.7 Å². The third-order valence-electron chi connectivity index (χ3n) is 4.65. The Kier molecular flexibility index (Phi) is 6.21. The number of hydrogen-bond acceptors (Lipinski definition) is 4. The van der Waals surface area contributed by atoms with Crippen LogP contribution in [0, 0.1) is 0 Å². The van der Waals surface area contributed by atoms with Crippen LogP contribution in [0.4, 0.5) is 0 Å². The molecule has 3 rings (SSSR count). The van der Waals surface area contributed by atoms with E-state index in [1.165, 1.54) is 0 Å². The van der Waals surface area contributed by atoms with E-state index in [-0.39, 0.29) is 6.04 Å². The van der Waals surface area contributed by atoms with Crippen LogP contribution < -0.4 is 15.4 Å². The number of fused-ring (bicyclic) bond motifs is 1. The maximum atomic E-state index is 6.03. The summed E-state index contributed by atoms with van der Waals surface area (Å²) in [5.74, 6) is 3.85. The molecule has 27 heavy (non-hydrogen) atoms. The predicted molar refractivity (Wildman–Crippen MR) is 108 cm³/mol. The van der Waals surface area contributed by atoms with E-state index in [4.69, 9.17) is 16.3 Å². The highest BCUT2D eigenvalue weighted by atomic mass is 35.5. The van der Waals surface area contributed by atoms with E-state index in [1.54, 1.807) is 14.2 Å². The molecule has 2 aromatic rings. The summed E-state index contributed by atoms with van der Waals surface area (Å²) in [5.41, 5.74) is 1.02. The fourth-order valence-corrected chi connectivity index (χ4v) is 3.28. The summed E-state index contributed by atoms with van der Waals surface area (Å²) in [7, 11) is 3.42. The zero-order valence-corrected chi connectivity index (χ0v) is 17.0. The molecule has 146 valence electrons. The van der Waals surface area contributed by atoms with Crippen LogP contribution in [0.3, 0.4) is 0 Å². The van der Waals surface area contributed by atoms with Gasteiger partial charge in [0.2, 0.25) is 0 Å². The zero-order chi connectivity index (χ0) is 19.4. The molecular weight excluding hydrogens is 364 g/mol.